The van der Waals surface area contributed by atoms with Gasteiger partial charge in [-0.2, -0.15) is 4.98 Å². The highest BCUT2D eigenvalue weighted by Crippen LogP contribution is 2.11. The Morgan fingerprint density at radius 1 is 1.23 bits per heavy atom. The highest BCUT2D eigenvalue weighted by atomic mass is 16.3. The Kier molecular flexibility index (Phi) is 5.26. The van der Waals surface area contributed by atoms with Gasteiger partial charge in [0.1, 0.15) is 5.82 Å². The predicted molar refractivity (Wildman–Crippen MR) is 86.0 cm³/mol. The van der Waals surface area contributed by atoms with Crippen molar-refractivity contribution < 1.29 is 9.90 Å². The van der Waals surface area contributed by atoms with Gasteiger partial charge in [-0.25, -0.2) is 9.78 Å². The van der Waals surface area contributed by atoms with Crippen molar-refractivity contribution in [2.45, 2.75) is 20.0 Å². The lowest BCUT2D eigenvalue weighted by Crippen LogP contribution is -2.22. The molecule has 1 unspecified atom stereocenters. The van der Waals surface area contributed by atoms with Crippen molar-refractivity contribution in [2.75, 3.05) is 22.5 Å². The van der Waals surface area contributed by atoms with E-state index in [2.05, 4.69) is 25.9 Å². The smallest absolute Gasteiger partial charge is 0.326 e. The van der Waals surface area contributed by atoms with Gasteiger partial charge in [0, 0.05) is 24.0 Å². The Morgan fingerprint density at radius 2 is 1.95 bits per heavy atom. The second kappa shape index (κ2) is 7.37. The molecule has 4 N–H and O–H groups in total. The third-order valence-corrected chi connectivity index (χ3v) is 2.69. The molecule has 1 aromatic carbocycles. The van der Waals surface area contributed by atoms with Crippen molar-refractivity contribution in [1.29, 1.82) is 0 Å². The summed E-state index contributed by atoms with van der Waals surface area (Å²) in [4.78, 5) is 20.2. The Bertz CT molecular complexity index is 631. The van der Waals surface area contributed by atoms with E-state index in [9.17, 15) is 9.90 Å². The van der Waals surface area contributed by atoms with Crippen LogP contribution in [0, 0.1) is 6.92 Å². The second-order valence-electron chi connectivity index (χ2n) is 4.89. The minimum absolute atomic E-state index is 0.196. The van der Waals surface area contributed by atoms with Gasteiger partial charge in [-0.1, -0.05) is 18.2 Å². The van der Waals surface area contributed by atoms with Crippen LogP contribution in [-0.4, -0.2) is 33.8 Å². The van der Waals surface area contributed by atoms with Crippen LogP contribution in [0.15, 0.2) is 36.4 Å². The molecule has 1 heterocycles. The highest BCUT2D eigenvalue weighted by molar-refractivity contribution is 5.98. The molecule has 0 fully saturated rings. The second-order valence-corrected chi connectivity index (χ2v) is 4.89. The molecule has 2 aromatic rings. The number of benzene rings is 1. The molecular weight excluding hydrogens is 282 g/mol. The van der Waals surface area contributed by atoms with Crippen molar-refractivity contribution in [3.63, 3.8) is 0 Å². The summed E-state index contributed by atoms with van der Waals surface area (Å²) in [6, 6.07) is 10.4. The van der Waals surface area contributed by atoms with E-state index < -0.39 is 12.1 Å². The standard InChI is InChI=1S/C15H19N5O2/c1-10-8-13(16-9-11(2)21)19-14(17-10)20-15(22)18-12-6-4-3-5-7-12/h3-8,11,21H,9H2,1-2H3,(H3,16,17,18,19,20,22). The van der Waals surface area contributed by atoms with Crippen molar-refractivity contribution in [2.24, 2.45) is 0 Å². The molecule has 0 aliphatic rings. The number of aryl methyl sites for hydroxylation is 1. The van der Waals surface area contributed by atoms with E-state index in [1.807, 2.05) is 18.2 Å². The zero-order valence-electron chi connectivity index (χ0n) is 12.5. The number of aliphatic hydroxyl groups excluding tert-OH is 1. The van der Waals surface area contributed by atoms with Crippen LogP contribution in [0.1, 0.15) is 12.6 Å². The lowest BCUT2D eigenvalue weighted by molar-refractivity contribution is 0.208. The van der Waals surface area contributed by atoms with Crippen LogP contribution in [-0.2, 0) is 0 Å². The molecule has 0 bridgehead atoms. The first-order valence-corrected chi connectivity index (χ1v) is 6.93. The fourth-order valence-electron chi connectivity index (χ4n) is 1.75. The Labute approximate surface area is 128 Å². The van der Waals surface area contributed by atoms with E-state index in [0.29, 0.717) is 23.7 Å². The highest BCUT2D eigenvalue weighted by Gasteiger charge is 2.07. The van der Waals surface area contributed by atoms with Crippen LogP contribution in [0.3, 0.4) is 0 Å². The number of aliphatic hydroxyl groups is 1. The van der Waals surface area contributed by atoms with Crippen molar-refractivity contribution >= 4 is 23.5 Å². The summed E-state index contributed by atoms with van der Waals surface area (Å²) in [6.07, 6.45) is -0.493. The van der Waals surface area contributed by atoms with E-state index in [4.69, 9.17) is 0 Å². The number of nitrogens with zero attached hydrogens (tertiary/aromatic N) is 2. The summed E-state index contributed by atoms with van der Waals surface area (Å²) in [5, 5.41) is 17.5. The fraction of sp³-hybridized carbons (Fsp3) is 0.267. The Hall–Kier alpha value is -2.67. The lowest BCUT2D eigenvalue weighted by atomic mass is 10.3. The molecule has 0 saturated carbocycles. The number of para-hydroxylation sites is 1. The zero-order chi connectivity index (χ0) is 15.9. The normalized spacial score (nSPS) is 11.6. The van der Waals surface area contributed by atoms with Gasteiger partial charge in [-0.05, 0) is 26.0 Å². The fourth-order valence-corrected chi connectivity index (χ4v) is 1.75. The van der Waals surface area contributed by atoms with Gasteiger partial charge in [-0.3, -0.25) is 5.32 Å². The first-order chi connectivity index (χ1) is 10.5. The van der Waals surface area contributed by atoms with E-state index in [0.717, 1.165) is 0 Å². The number of amides is 2. The van der Waals surface area contributed by atoms with Crippen LogP contribution in [0.25, 0.3) is 0 Å². The minimum Gasteiger partial charge on any atom is -0.392 e. The van der Waals surface area contributed by atoms with Gasteiger partial charge in [0.25, 0.3) is 0 Å². The topological polar surface area (TPSA) is 99.2 Å². The van der Waals surface area contributed by atoms with Crippen LogP contribution in [0.4, 0.5) is 22.2 Å². The largest absolute Gasteiger partial charge is 0.392 e. The monoisotopic (exact) mass is 301 g/mol. The summed E-state index contributed by atoms with van der Waals surface area (Å²) < 4.78 is 0. The molecule has 0 radical (unpaired) electrons. The molecule has 2 rings (SSSR count). The van der Waals surface area contributed by atoms with Crippen LogP contribution in [0.2, 0.25) is 0 Å². The van der Waals surface area contributed by atoms with E-state index >= 15 is 0 Å². The predicted octanol–water partition coefficient (Wildman–Crippen LogP) is 2.22. The Morgan fingerprint density at radius 3 is 2.64 bits per heavy atom. The molecule has 0 aliphatic carbocycles. The molecule has 0 saturated heterocycles. The van der Waals surface area contributed by atoms with Gasteiger partial charge in [0.15, 0.2) is 0 Å². The molecule has 0 aliphatic heterocycles. The summed E-state index contributed by atoms with van der Waals surface area (Å²) in [5.74, 6) is 0.741. The molecule has 116 valence electrons. The van der Waals surface area contributed by atoms with E-state index in [-0.39, 0.29) is 5.95 Å². The van der Waals surface area contributed by atoms with Gasteiger partial charge in [0.2, 0.25) is 5.95 Å². The number of rotatable bonds is 5. The summed E-state index contributed by atoms with van der Waals surface area (Å²) >= 11 is 0. The van der Waals surface area contributed by atoms with Crippen LogP contribution < -0.4 is 16.0 Å². The van der Waals surface area contributed by atoms with Crippen molar-refractivity contribution in [3.8, 4) is 0 Å². The van der Waals surface area contributed by atoms with Gasteiger partial charge < -0.3 is 15.7 Å². The van der Waals surface area contributed by atoms with Crippen molar-refractivity contribution in [1.82, 2.24) is 9.97 Å². The van der Waals surface area contributed by atoms with Gasteiger partial charge in [0.05, 0.1) is 6.10 Å². The third kappa shape index (κ3) is 5.02. The minimum atomic E-state index is -0.493. The number of nitrogens with one attached hydrogen (secondary N) is 3. The molecule has 1 atom stereocenters. The maximum Gasteiger partial charge on any atom is 0.326 e. The molecule has 7 heteroatoms. The number of carbonyl (C=O) groups is 1. The number of hydrogen-bond acceptors (Lipinski definition) is 5. The van der Waals surface area contributed by atoms with Crippen LogP contribution >= 0.6 is 0 Å². The molecular formula is C15H19N5O2. The van der Waals surface area contributed by atoms with Crippen LogP contribution in [0.5, 0.6) is 0 Å². The quantitative estimate of drug-likeness (QED) is 0.678. The first kappa shape index (κ1) is 15.7. The first-order valence-electron chi connectivity index (χ1n) is 6.93. The maximum atomic E-state index is 11.9. The van der Waals surface area contributed by atoms with E-state index in [1.165, 1.54) is 0 Å². The van der Waals surface area contributed by atoms with Gasteiger partial charge >= 0.3 is 6.03 Å². The number of anilines is 3. The Balaban J connectivity index is 2.01. The average molecular weight is 301 g/mol. The average Bonchev–Trinajstić information content (AvgIpc) is 2.45. The summed E-state index contributed by atoms with van der Waals surface area (Å²) in [7, 11) is 0. The molecule has 22 heavy (non-hydrogen) atoms. The molecule has 2 amide bonds. The summed E-state index contributed by atoms with van der Waals surface area (Å²) in [5.41, 5.74) is 1.39. The number of urea groups is 1. The number of hydrogen-bond donors (Lipinski definition) is 4. The SMILES string of the molecule is Cc1cc(NCC(C)O)nc(NC(=O)Nc2ccccc2)n1. The molecule has 0 spiro atoms. The zero-order valence-corrected chi connectivity index (χ0v) is 12.5. The number of aromatic nitrogens is 2. The molecule has 7 nitrogen and oxygen atoms in total. The maximum absolute atomic E-state index is 11.9. The summed E-state index contributed by atoms with van der Waals surface area (Å²) in [6.45, 7) is 3.84. The van der Waals surface area contributed by atoms with Crippen molar-refractivity contribution in [3.05, 3.63) is 42.1 Å². The third-order valence-electron chi connectivity index (χ3n) is 2.69. The lowest BCUT2D eigenvalue weighted by Gasteiger charge is -2.11. The van der Waals surface area contributed by atoms with Gasteiger partial charge in [-0.15, -0.1) is 0 Å². The number of carbonyl (C=O) groups excluding carboxylic acids is 1. The molecule has 1 aromatic heterocycles. The van der Waals surface area contributed by atoms with E-state index in [1.54, 1.807) is 32.0 Å².